The number of ether oxygens (including phenoxy) is 1. The van der Waals surface area contributed by atoms with E-state index in [1.54, 1.807) is 24.3 Å². The Hall–Kier alpha value is -2.71. The Morgan fingerprint density at radius 1 is 1.34 bits per heavy atom. The summed E-state index contributed by atoms with van der Waals surface area (Å²) in [6.45, 7) is 1.87. The Bertz CT molecular complexity index is 946. The zero-order chi connectivity index (χ0) is 21.0. The van der Waals surface area contributed by atoms with Crippen molar-refractivity contribution in [2.75, 3.05) is 18.5 Å². The molecule has 2 N–H and O–H groups in total. The summed E-state index contributed by atoms with van der Waals surface area (Å²) in [7, 11) is 0. The minimum absolute atomic E-state index is 0.107. The van der Waals surface area contributed by atoms with Crippen molar-refractivity contribution < 1.29 is 23.8 Å². The van der Waals surface area contributed by atoms with Gasteiger partial charge in [-0.15, -0.1) is 0 Å². The fourth-order valence-electron chi connectivity index (χ4n) is 3.04. The van der Waals surface area contributed by atoms with Gasteiger partial charge < -0.3 is 15.2 Å². The van der Waals surface area contributed by atoms with Gasteiger partial charge in [0.1, 0.15) is 18.2 Å². The Balaban J connectivity index is 1.85. The first-order valence-electron chi connectivity index (χ1n) is 8.98. The van der Waals surface area contributed by atoms with Crippen LogP contribution in [0.3, 0.4) is 0 Å². The van der Waals surface area contributed by atoms with E-state index in [2.05, 4.69) is 21.2 Å². The summed E-state index contributed by atoms with van der Waals surface area (Å²) in [5.41, 5.74) is 1.99. The number of aliphatic hydroxyl groups is 1. The molecule has 2 aromatic carbocycles. The number of ketones is 1. The van der Waals surface area contributed by atoms with Crippen molar-refractivity contribution in [3.8, 4) is 5.75 Å². The minimum Gasteiger partial charge on any atom is -0.491 e. The van der Waals surface area contributed by atoms with Gasteiger partial charge in [0, 0.05) is 23.2 Å². The molecule has 29 heavy (non-hydrogen) atoms. The number of aliphatic hydroxyl groups excluding tert-OH is 1. The van der Waals surface area contributed by atoms with Crippen LogP contribution in [0.1, 0.15) is 23.6 Å². The van der Waals surface area contributed by atoms with Gasteiger partial charge in [-0.25, -0.2) is 9.18 Å². The number of nitrogens with one attached hydrogen (secondary N) is 1. The van der Waals surface area contributed by atoms with Crippen LogP contribution in [0.2, 0.25) is 0 Å². The van der Waals surface area contributed by atoms with Crippen molar-refractivity contribution in [2.45, 2.75) is 19.4 Å². The van der Waals surface area contributed by atoms with E-state index in [1.807, 2.05) is 6.92 Å². The number of nitrogens with zero attached hydrogens (tertiary/aromatic N) is 1. The highest BCUT2D eigenvalue weighted by molar-refractivity contribution is 9.10. The lowest BCUT2D eigenvalue weighted by molar-refractivity contribution is -0.116. The maximum Gasteiger partial charge on any atom is 0.326 e. The average Bonchev–Trinajstić information content (AvgIpc) is 2.69. The smallest absolute Gasteiger partial charge is 0.326 e. The quantitative estimate of drug-likeness (QED) is 0.692. The largest absolute Gasteiger partial charge is 0.491 e. The van der Waals surface area contributed by atoms with E-state index in [0.717, 1.165) is 5.56 Å². The molecular weight excluding hydrogens is 443 g/mol. The summed E-state index contributed by atoms with van der Waals surface area (Å²) < 4.78 is 19.4. The van der Waals surface area contributed by atoms with Gasteiger partial charge in [-0.2, -0.15) is 0 Å². The zero-order valence-electron chi connectivity index (χ0n) is 15.7. The van der Waals surface area contributed by atoms with Crippen LogP contribution in [0.15, 0.2) is 53.1 Å². The van der Waals surface area contributed by atoms with Crippen LogP contribution < -0.4 is 10.1 Å². The molecule has 6 nitrogen and oxygen atoms in total. The highest BCUT2D eigenvalue weighted by Crippen LogP contribution is 2.33. The van der Waals surface area contributed by atoms with Crippen LogP contribution >= 0.6 is 15.9 Å². The third-order valence-electron chi connectivity index (χ3n) is 4.50. The highest BCUT2D eigenvalue weighted by atomic mass is 79.9. The van der Waals surface area contributed by atoms with E-state index < -0.39 is 12.1 Å². The molecule has 1 aliphatic heterocycles. The number of carbonyl (C=O) groups excluding carboxylic acids is 2. The molecule has 8 heteroatoms. The van der Waals surface area contributed by atoms with E-state index >= 15 is 0 Å². The molecule has 1 aliphatic rings. The number of benzene rings is 2. The molecule has 0 saturated heterocycles. The molecule has 0 spiro atoms. The Morgan fingerprint density at radius 2 is 2.07 bits per heavy atom. The molecule has 0 bridgehead atoms. The lowest BCUT2D eigenvalue weighted by atomic mass is 9.97. The SMILES string of the molecule is Cc1cc(Br)c(NC(=O)N2C=CC(=O)CC2c2ccc(F)cc2)cc1OCCO. The summed E-state index contributed by atoms with van der Waals surface area (Å²) in [5, 5.41) is 11.8. The number of amides is 2. The molecule has 2 aromatic rings. The topological polar surface area (TPSA) is 78.9 Å². The molecule has 0 fully saturated rings. The van der Waals surface area contributed by atoms with E-state index in [1.165, 1.54) is 29.3 Å². The fourth-order valence-corrected chi connectivity index (χ4v) is 3.59. The molecule has 0 radical (unpaired) electrons. The Morgan fingerprint density at radius 3 is 2.76 bits per heavy atom. The first-order chi connectivity index (χ1) is 13.9. The monoisotopic (exact) mass is 462 g/mol. The molecule has 1 unspecified atom stereocenters. The number of urea groups is 1. The van der Waals surface area contributed by atoms with Crippen molar-refractivity contribution in [1.82, 2.24) is 4.90 Å². The van der Waals surface area contributed by atoms with Crippen LogP contribution in [-0.4, -0.2) is 35.0 Å². The zero-order valence-corrected chi connectivity index (χ0v) is 17.3. The third-order valence-corrected chi connectivity index (χ3v) is 5.15. The lowest BCUT2D eigenvalue weighted by Crippen LogP contribution is -2.37. The second-order valence-electron chi connectivity index (χ2n) is 6.56. The molecule has 152 valence electrons. The predicted octanol–water partition coefficient (Wildman–Crippen LogP) is 4.33. The number of allylic oxidation sites excluding steroid dienone is 1. The third kappa shape index (κ3) is 5.02. The molecule has 0 aromatic heterocycles. The number of hydrogen-bond acceptors (Lipinski definition) is 4. The number of aryl methyl sites for hydroxylation is 1. The van der Waals surface area contributed by atoms with E-state index in [9.17, 15) is 14.0 Å². The van der Waals surface area contributed by atoms with Gasteiger partial charge in [-0.3, -0.25) is 9.69 Å². The second kappa shape index (κ2) is 9.19. The van der Waals surface area contributed by atoms with Crippen LogP contribution in [0.25, 0.3) is 0 Å². The van der Waals surface area contributed by atoms with E-state index in [4.69, 9.17) is 9.84 Å². The lowest BCUT2D eigenvalue weighted by Gasteiger charge is -2.31. The maximum atomic E-state index is 13.3. The summed E-state index contributed by atoms with van der Waals surface area (Å²) in [6.07, 6.45) is 2.88. The Labute approximate surface area is 176 Å². The number of halogens is 2. The average molecular weight is 463 g/mol. The molecular formula is C21H20BrFN2O4. The number of rotatable bonds is 5. The van der Waals surface area contributed by atoms with Gasteiger partial charge >= 0.3 is 6.03 Å². The van der Waals surface area contributed by atoms with Crippen LogP contribution in [0, 0.1) is 12.7 Å². The molecule has 1 atom stereocenters. The van der Waals surface area contributed by atoms with Gasteiger partial charge in [0.15, 0.2) is 5.78 Å². The van der Waals surface area contributed by atoms with Crippen molar-refractivity contribution in [2.24, 2.45) is 0 Å². The van der Waals surface area contributed by atoms with E-state index in [-0.39, 0.29) is 31.2 Å². The van der Waals surface area contributed by atoms with Gasteiger partial charge in [0.25, 0.3) is 0 Å². The van der Waals surface area contributed by atoms with Gasteiger partial charge in [-0.05, 0) is 58.3 Å². The first-order valence-corrected chi connectivity index (χ1v) is 9.78. The summed E-state index contributed by atoms with van der Waals surface area (Å²) >= 11 is 3.43. The molecule has 0 aliphatic carbocycles. The van der Waals surface area contributed by atoms with Crippen molar-refractivity contribution in [3.05, 3.63) is 70.1 Å². The summed E-state index contributed by atoms with van der Waals surface area (Å²) in [6, 6.07) is 8.22. The van der Waals surface area contributed by atoms with Crippen LogP contribution in [0.4, 0.5) is 14.9 Å². The number of anilines is 1. The second-order valence-corrected chi connectivity index (χ2v) is 7.41. The highest BCUT2D eigenvalue weighted by Gasteiger charge is 2.29. The number of hydrogen-bond donors (Lipinski definition) is 2. The normalized spacial score (nSPS) is 16.1. The van der Waals surface area contributed by atoms with Gasteiger partial charge in [-0.1, -0.05) is 12.1 Å². The van der Waals surface area contributed by atoms with E-state index in [0.29, 0.717) is 21.5 Å². The summed E-state index contributed by atoms with van der Waals surface area (Å²) in [4.78, 5) is 26.3. The van der Waals surface area contributed by atoms with Gasteiger partial charge in [0.05, 0.1) is 18.3 Å². The molecule has 1 heterocycles. The Kier molecular flexibility index (Phi) is 6.66. The fraction of sp³-hybridized carbons (Fsp3) is 0.238. The standard InChI is InChI=1S/C21H20BrFN2O4/c1-13-10-17(22)18(12-20(13)29-9-8-26)24-21(28)25-7-6-16(27)11-19(25)14-2-4-15(23)5-3-14/h2-7,10,12,19,26H,8-9,11H2,1H3,(H,24,28). The van der Waals surface area contributed by atoms with Crippen LogP contribution in [-0.2, 0) is 4.79 Å². The van der Waals surface area contributed by atoms with Crippen LogP contribution in [0.5, 0.6) is 5.75 Å². The number of carbonyl (C=O) groups is 2. The van der Waals surface area contributed by atoms with Crippen molar-refractivity contribution in [1.29, 1.82) is 0 Å². The molecule has 0 saturated carbocycles. The van der Waals surface area contributed by atoms with Crippen molar-refractivity contribution in [3.63, 3.8) is 0 Å². The van der Waals surface area contributed by atoms with Gasteiger partial charge in [0.2, 0.25) is 0 Å². The van der Waals surface area contributed by atoms with Crippen molar-refractivity contribution >= 4 is 33.4 Å². The first kappa shape index (κ1) is 21.0. The minimum atomic E-state index is -0.539. The maximum absolute atomic E-state index is 13.3. The molecule has 2 amide bonds. The summed E-state index contributed by atoms with van der Waals surface area (Å²) in [5.74, 6) is 0.0398. The predicted molar refractivity (Wildman–Crippen MR) is 110 cm³/mol. The molecule has 3 rings (SSSR count).